The summed E-state index contributed by atoms with van der Waals surface area (Å²) in [5, 5.41) is 1.15. The van der Waals surface area contributed by atoms with Crippen LogP contribution in [-0.2, 0) is 14.6 Å². The van der Waals surface area contributed by atoms with Crippen LogP contribution in [0.25, 0.3) is 10.2 Å². The van der Waals surface area contributed by atoms with Crippen LogP contribution >= 0.6 is 35.3 Å². The molecule has 1 amide bonds. The molecule has 0 spiro atoms. The number of hydrogen-bond acceptors (Lipinski definition) is 6. The number of fused-ring (bicyclic) bond motifs is 1. The van der Waals surface area contributed by atoms with E-state index in [1.165, 1.54) is 11.3 Å². The summed E-state index contributed by atoms with van der Waals surface area (Å²) in [6.07, 6.45) is -0.110. The Morgan fingerprint density at radius 1 is 1.10 bits per heavy atom. The van der Waals surface area contributed by atoms with E-state index in [2.05, 4.69) is 4.98 Å². The predicted molar refractivity (Wildman–Crippen MR) is 126 cm³/mol. The molecule has 2 aromatic carbocycles. The first-order valence-corrected chi connectivity index (χ1v) is 11.9. The maximum atomic E-state index is 13.0. The summed E-state index contributed by atoms with van der Waals surface area (Å²) in [5.41, 5.74) is 0.758. The van der Waals surface area contributed by atoms with Crippen molar-refractivity contribution in [2.75, 3.05) is 37.8 Å². The Balaban J connectivity index is 0.00000320. The number of likely N-dealkylation sites (N-methyl/N-ethyl adjacent to an activating group) is 1. The highest BCUT2D eigenvalue weighted by atomic mass is 35.5. The lowest BCUT2D eigenvalue weighted by atomic mass is 10.3. The van der Waals surface area contributed by atoms with E-state index in [-0.39, 0.29) is 35.4 Å². The van der Waals surface area contributed by atoms with Gasteiger partial charge in [-0.2, -0.15) is 0 Å². The molecular formula is C20H23Cl2N3O3S2. The Hall–Kier alpha value is -1.71. The van der Waals surface area contributed by atoms with Crippen molar-refractivity contribution in [2.24, 2.45) is 0 Å². The van der Waals surface area contributed by atoms with E-state index in [9.17, 15) is 13.2 Å². The van der Waals surface area contributed by atoms with E-state index in [1.807, 2.05) is 31.1 Å². The molecule has 0 radical (unpaired) electrons. The molecule has 162 valence electrons. The number of amides is 1. The number of anilines is 1. The second-order valence-corrected chi connectivity index (χ2v) is 10.4. The maximum absolute atomic E-state index is 13.0. The normalized spacial score (nSPS) is 11.5. The van der Waals surface area contributed by atoms with Gasteiger partial charge in [-0.05, 0) is 44.4 Å². The first-order valence-electron chi connectivity index (χ1n) is 9.05. The fourth-order valence-corrected chi connectivity index (χ4v) is 5.27. The molecule has 0 saturated carbocycles. The number of halogens is 2. The van der Waals surface area contributed by atoms with Crippen molar-refractivity contribution >= 4 is 66.4 Å². The molecule has 0 atom stereocenters. The Bertz CT molecular complexity index is 1100. The first kappa shape index (κ1) is 24.6. The molecule has 0 fully saturated rings. The molecular weight excluding hydrogens is 465 g/mol. The molecule has 0 aliphatic heterocycles. The highest BCUT2D eigenvalue weighted by Crippen LogP contribution is 2.31. The predicted octanol–water partition coefficient (Wildman–Crippen LogP) is 4.13. The third kappa shape index (κ3) is 6.15. The van der Waals surface area contributed by atoms with Gasteiger partial charge in [0, 0.05) is 24.5 Å². The fourth-order valence-electron chi connectivity index (χ4n) is 2.73. The number of aromatic nitrogens is 1. The van der Waals surface area contributed by atoms with Crippen molar-refractivity contribution in [3.63, 3.8) is 0 Å². The van der Waals surface area contributed by atoms with E-state index in [1.54, 1.807) is 41.3 Å². The molecule has 0 saturated heterocycles. The van der Waals surface area contributed by atoms with Crippen molar-refractivity contribution in [1.82, 2.24) is 9.88 Å². The number of thiazole rings is 1. The van der Waals surface area contributed by atoms with Gasteiger partial charge in [-0.25, -0.2) is 13.4 Å². The quantitative estimate of drug-likeness (QED) is 0.477. The molecule has 1 heterocycles. The van der Waals surface area contributed by atoms with Crippen molar-refractivity contribution < 1.29 is 13.2 Å². The summed E-state index contributed by atoms with van der Waals surface area (Å²) in [6.45, 7) is 1.05. The van der Waals surface area contributed by atoms with E-state index in [4.69, 9.17) is 11.6 Å². The second-order valence-electron chi connectivity index (χ2n) is 6.84. The third-order valence-electron chi connectivity index (χ3n) is 4.33. The van der Waals surface area contributed by atoms with Gasteiger partial charge in [-0.15, -0.1) is 12.4 Å². The average Bonchev–Trinajstić information content (AvgIpc) is 3.09. The monoisotopic (exact) mass is 487 g/mol. The van der Waals surface area contributed by atoms with Crippen LogP contribution in [0, 0.1) is 0 Å². The van der Waals surface area contributed by atoms with Crippen LogP contribution in [-0.4, -0.2) is 57.1 Å². The minimum absolute atomic E-state index is 0. The van der Waals surface area contributed by atoms with Crippen molar-refractivity contribution in [2.45, 2.75) is 11.3 Å². The van der Waals surface area contributed by atoms with Gasteiger partial charge in [-0.3, -0.25) is 9.69 Å². The van der Waals surface area contributed by atoms with Crippen molar-refractivity contribution in [3.8, 4) is 0 Å². The summed E-state index contributed by atoms with van der Waals surface area (Å²) >= 11 is 7.43. The molecule has 6 nitrogen and oxygen atoms in total. The van der Waals surface area contributed by atoms with Gasteiger partial charge >= 0.3 is 0 Å². The average molecular weight is 488 g/mol. The van der Waals surface area contributed by atoms with Gasteiger partial charge in [0.1, 0.15) is 0 Å². The summed E-state index contributed by atoms with van der Waals surface area (Å²) in [4.78, 5) is 21.3. The molecule has 30 heavy (non-hydrogen) atoms. The van der Waals surface area contributed by atoms with Crippen LogP contribution in [0.1, 0.15) is 6.42 Å². The zero-order chi connectivity index (χ0) is 21.0. The van der Waals surface area contributed by atoms with Crippen LogP contribution in [0.4, 0.5) is 5.13 Å². The minimum Gasteiger partial charge on any atom is -0.308 e. The molecule has 3 rings (SSSR count). The number of sulfone groups is 1. The fraction of sp³-hybridized carbons (Fsp3) is 0.300. The van der Waals surface area contributed by atoms with E-state index < -0.39 is 9.84 Å². The van der Waals surface area contributed by atoms with Crippen LogP contribution in [0.3, 0.4) is 0 Å². The largest absolute Gasteiger partial charge is 0.308 e. The Labute approximate surface area is 191 Å². The van der Waals surface area contributed by atoms with Gasteiger partial charge < -0.3 is 4.90 Å². The standard InChI is InChI=1S/C20H22ClN3O3S2.ClH/c1-23(2)11-12-24(20-22-17-9-8-15(21)14-18(17)28-20)19(25)10-13-29(26,27)16-6-4-3-5-7-16;/h3-9,14H,10-13H2,1-2H3;1H. The van der Waals surface area contributed by atoms with Crippen molar-refractivity contribution in [3.05, 3.63) is 53.6 Å². The zero-order valence-corrected chi connectivity index (χ0v) is 19.8. The summed E-state index contributed by atoms with van der Waals surface area (Å²) in [7, 11) is 0.310. The SMILES string of the molecule is CN(C)CCN(C(=O)CCS(=O)(=O)c1ccccc1)c1nc2ccc(Cl)cc2s1.Cl. The lowest BCUT2D eigenvalue weighted by molar-refractivity contribution is -0.118. The van der Waals surface area contributed by atoms with Gasteiger partial charge in [0.2, 0.25) is 5.91 Å². The molecule has 10 heteroatoms. The smallest absolute Gasteiger partial charge is 0.229 e. The number of benzene rings is 2. The summed E-state index contributed by atoms with van der Waals surface area (Å²) < 4.78 is 25.9. The minimum atomic E-state index is -3.52. The van der Waals surface area contributed by atoms with Gasteiger partial charge in [-0.1, -0.05) is 41.1 Å². The molecule has 0 bridgehead atoms. The summed E-state index contributed by atoms with van der Waals surface area (Å²) in [6, 6.07) is 13.6. The topological polar surface area (TPSA) is 70.6 Å². The molecule has 0 aliphatic carbocycles. The first-order chi connectivity index (χ1) is 13.8. The van der Waals surface area contributed by atoms with E-state index >= 15 is 0 Å². The number of hydrogen-bond donors (Lipinski definition) is 0. The molecule has 0 aliphatic rings. The van der Waals surface area contributed by atoms with Crippen LogP contribution < -0.4 is 4.90 Å². The molecule has 3 aromatic rings. The zero-order valence-electron chi connectivity index (χ0n) is 16.6. The Kier molecular flexibility index (Phi) is 8.63. The van der Waals surface area contributed by atoms with Crippen molar-refractivity contribution in [1.29, 1.82) is 0 Å². The van der Waals surface area contributed by atoms with Gasteiger partial charge in [0.05, 0.1) is 20.9 Å². The van der Waals surface area contributed by atoms with Gasteiger partial charge in [0.25, 0.3) is 0 Å². The van der Waals surface area contributed by atoms with E-state index in [0.29, 0.717) is 23.2 Å². The Morgan fingerprint density at radius 2 is 1.80 bits per heavy atom. The van der Waals surface area contributed by atoms with Crippen LogP contribution in [0.2, 0.25) is 5.02 Å². The molecule has 1 aromatic heterocycles. The number of rotatable bonds is 8. The Morgan fingerprint density at radius 3 is 2.47 bits per heavy atom. The van der Waals surface area contributed by atoms with Crippen LogP contribution in [0.5, 0.6) is 0 Å². The summed E-state index contributed by atoms with van der Waals surface area (Å²) in [5.74, 6) is -0.512. The second kappa shape index (κ2) is 10.5. The lowest BCUT2D eigenvalue weighted by Crippen LogP contribution is -2.37. The maximum Gasteiger partial charge on any atom is 0.229 e. The lowest BCUT2D eigenvalue weighted by Gasteiger charge is -2.22. The number of nitrogens with zero attached hydrogens (tertiary/aromatic N) is 3. The number of carbonyl (C=O) groups excluding carboxylic acids is 1. The van der Waals surface area contributed by atoms with Gasteiger partial charge in [0.15, 0.2) is 15.0 Å². The molecule has 0 unspecified atom stereocenters. The van der Waals surface area contributed by atoms with E-state index in [0.717, 1.165) is 10.2 Å². The highest BCUT2D eigenvalue weighted by Gasteiger charge is 2.23. The molecule has 0 N–H and O–H groups in total. The number of carbonyl (C=O) groups is 1. The van der Waals surface area contributed by atoms with Crippen LogP contribution in [0.15, 0.2) is 53.4 Å². The highest BCUT2D eigenvalue weighted by molar-refractivity contribution is 7.91. The third-order valence-corrected chi connectivity index (χ3v) is 7.34.